The number of benzene rings is 1. The lowest BCUT2D eigenvalue weighted by Gasteiger charge is -2.11. The van der Waals surface area contributed by atoms with Gasteiger partial charge in [-0.2, -0.15) is 0 Å². The molecule has 1 atom stereocenters. The molecule has 0 aliphatic heterocycles. The lowest BCUT2D eigenvalue weighted by molar-refractivity contribution is 0.0940. The van der Waals surface area contributed by atoms with Gasteiger partial charge in [0, 0.05) is 18.5 Å². The molecule has 1 heterocycles. The number of carbonyl (C=O) groups excluding carboxylic acids is 1. The zero-order valence-corrected chi connectivity index (χ0v) is 15.7. The maximum atomic E-state index is 14.1. The smallest absolute Gasteiger partial charge is 0.291 e. The first kappa shape index (κ1) is 21.1. The second-order valence-corrected chi connectivity index (χ2v) is 5.98. The number of para-hydroxylation sites is 1. The maximum absolute atomic E-state index is 14.1. The van der Waals surface area contributed by atoms with Crippen molar-refractivity contribution in [3.63, 3.8) is 0 Å². The first-order valence-corrected chi connectivity index (χ1v) is 8.17. The number of hydrogen-bond acceptors (Lipinski definition) is 4. The number of nitrogens with zero attached hydrogens (tertiary/aromatic N) is 3. The molecule has 6 nitrogen and oxygen atoms in total. The molecule has 0 aliphatic rings. The molecule has 1 aromatic heterocycles. The van der Waals surface area contributed by atoms with Crippen LogP contribution in [0.2, 0.25) is 0 Å². The standard InChI is InChI=1S/C17H24FN5O.ClH/c1-5-19-12(4)10-20-17(24)15-21-16(11(2)3)23(22-15)14-9-7-6-8-13(14)18;/h6-9,11-12,19H,5,10H2,1-4H3,(H,20,24);1H/t12-;/m1./s1. The summed E-state index contributed by atoms with van der Waals surface area (Å²) in [6, 6.07) is 6.46. The maximum Gasteiger partial charge on any atom is 0.291 e. The number of rotatable bonds is 7. The molecule has 2 aromatic rings. The Bertz CT molecular complexity index is 704. The average Bonchev–Trinajstić information content (AvgIpc) is 2.99. The van der Waals surface area contributed by atoms with Gasteiger partial charge in [0.05, 0.1) is 0 Å². The van der Waals surface area contributed by atoms with E-state index < -0.39 is 5.82 Å². The molecule has 0 saturated heterocycles. The van der Waals surface area contributed by atoms with Crippen LogP contribution in [0.25, 0.3) is 5.69 Å². The summed E-state index contributed by atoms with van der Waals surface area (Å²) in [5.74, 6) is -0.177. The largest absolute Gasteiger partial charge is 0.348 e. The second kappa shape index (κ2) is 9.48. The van der Waals surface area contributed by atoms with Gasteiger partial charge >= 0.3 is 0 Å². The van der Waals surface area contributed by atoms with Gasteiger partial charge in [0.15, 0.2) is 0 Å². The van der Waals surface area contributed by atoms with Crippen LogP contribution in [0, 0.1) is 5.82 Å². The summed E-state index contributed by atoms with van der Waals surface area (Å²) in [6.45, 7) is 9.14. The molecule has 0 fully saturated rings. The molecule has 0 radical (unpaired) electrons. The van der Waals surface area contributed by atoms with Gasteiger partial charge in [-0.25, -0.2) is 14.1 Å². The monoisotopic (exact) mass is 369 g/mol. The van der Waals surface area contributed by atoms with Crippen LogP contribution in [0.3, 0.4) is 0 Å². The number of likely N-dealkylation sites (N-methyl/N-ethyl adjacent to an activating group) is 1. The van der Waals surface area contributed by atoms with E-state index in [4.69, 9.17) is 0 Å². The predicted octanol–water partition coefficient (Wildman–Crippen LogP) is 2.68. The fraction of sp³-hybridized carbons (Fsp3) is 0.471. The highest BCUT2D eigenvalue weighted by Gasteiger charge is 2.21. The van der Waals surface area contributed by atoms with Gasteiger partial charge in [-0.3, -0.25) is 4.79 Å². The van der Waals surface area contributed by atoms with Crippen molar-refractivity contribution in [2.24, 2.45) is 0 Å². The molecule has 138 valence electrons. The number of halogens is 2. The van der Waals surface area contributed by atoms with E-state index in [0.29, 0.717) is 12.4 Å². The van der Waals surface area contributed by atoms with E-state index in [9.17, 15) is 9.18 Å². The van der Waals surface area contributed by atoms with E-state index in [1.165, 1.54) is 10.7 Å². The lowest BCUT2D eigenvalue weighted by Crippen LogP contribution is -2.39. The van der Waals surface area contributed by atoms with E-state index in [1.807, 2.05) is 27.7 Å². The minimum absolute atomic E-state index is 0. The Morgan fingerprint density at radius 2 is 1.96 bits per heavy atom. The van der Waals surface area contributed by atoms with Crippen LogP contribution < -0.4 is 10.6 Å². The highest BCUT2D eigenvalue weighted by atomic mass is 35.5. The number of aromatic nitrogens is 3. The molecular formula is C17H25ClFN5O. The molecular weight excluding hydrogens is 345 g/mol. The minimum Gasteiger partial charge on any atom is -0.348 e. The van der Waals surface area contributed by atoms with Gasteiger partial charge in [0.25, 0.3) is 5.91 Å². The quantitative estimate of drug-likeness (QED) is 0.787. The number of carbonyl (C=O) groups is 1. The van der Waals surface area contributed by atoms with Crippen LogP contribution in [-0.4, -0.2) is 39.8 Å². The molecule has 0 spiro atoms. The lowest BCUT2D eigenvalue weighted by atomic mass is 10.2. The van der Waals surface area contributed by atoms with Gasteiger partial charge in [-0.15, -0.1) is 17.5 Å². The highest BCUT2D eigenvalue weighted by molar-refractivity contribution is 5.90. The molecule has 25 heavy (non-hydrogen) atoms. The third-order valence-electron chi connectivity index (χ3n) is 3.55. The molecule has 0 aliphatic carbocycles. The summed E-state index contributed by atoms with van der Waals surface area (Å²) in [6.07, 6.45) is 0. The van der Waals surface area contributed by atoms with E-state index in [0.717, 1.165) is 6.54 Å². The number of hydrogen-bond donors (Lipinski definition) is 2. The van der Waals surface area contributed by atoms with Crippen LogP contribution in [0.4, 0.5) is 4.39 Å². The van der Waals surface area contributed by atoms with E-state index in [2.05, 4.69) is 20.7 Å². The SMILES string of the molecule is CCN[C@H](C)CNC(=O)c1nc(C(C)C)n(-c2ccccc2F)n1.Cl. The van der Waals surface area contributed by atoms with Gasteiger partial charge in [-0.05, 0) is 25.6 Å². The average molecular weight is 370 g/mol. The summed E-state index contributed by atoms with van der Waals surface area (Å²) in [5, 5.41) is 10.2. The van der Waals surface area contributed by atoms with Crippen LogP contribution in [0.5, 0.6) is 0 Å². The Balaban J connectivity index is 0.00000312. The zero-order chi connectivity index (χ0) is 17.7. The van der Waals surface area contributed by atoms with E-state index >= 15 is 0 Å². The van der Waals surface area contributed by atoms with Crippen LogP contribution >= 0.6 is 12.4 Å². The molecule has 2 N–H and O–H groups in total. The number of amides is 1. The van der Waals surface area contributed by atoms with Gasteiger partial charge in [0.2, 0.25) is 5.82 Å². The van der Waals surface area contributed by atoms with Gasteiger partial charge < -0.3 is 10.6 Å². The van der Waals surface area contributed by atoms with Crippen LogP contribution in [0.15, 0.2) is 24.3 Å². The zero-order valence-electron chi connectivity index (χ0n) is 14.9. The minimum atomic E-state index is -0.406. The highest BCUT2D eigenvalue weighted by Crippen LogP contribution is 2.19. The summed E-state index contributed by atoms with van der Waals surface area (Å²) < 4.78 is 15.5. The summed E-state index contributed by atoms with van der Waals surface area (Å²) >= 11 is 0. The predicted molar refractivity (Wildman–Crippen MR) is 98.1 cm³/mol. The third-order valence-corrected chi connectivity index (χ3v) is 3.55. The normalized spacial score (nSPS) is 11.9. The Labute approximate surface area is 153 Å². The molecule has 2 rings (SSSR count). The topological polar surface area (TPSA) is 71.8 Å². The summed E-state index contributed by atoms with van der Waals surface area (Å²) in [5.41, 5.74) is 0.286. The Morgan fingerprint density at radius 3 is 2.56 bits per heavy atom. The third kappa shape index (κ3) is 5.24. The van der Waals surface area contributed by atoms with Crippen LogP contribution in [-0.2, 0) is 0 Å². The first-order valence-electron chi connectivity index (χ1n) is 8.17. The first-order chi connectivity index (χ1) is 11.4. The van der Waals surface area contributed by atoms with Crippen molar-refractivity contribution in [3.8, 4) is 5.69 Å². The van der Waals surface area contributed by atoms with Crippen molar-refractivity contribution in [3.05, 3.63) is 41.7 Å². The summed E-state index contributed by atoms with van der Waals surface area (Å²) in [7, 11) is 0. The Kier molecular flexibility index (Phi) is 7.99. The molecule has 0 saturated carbocycles. The van der Waals surface area contributed by atoms with Crippen molar-refractivity contribution in [1.29, 1.82) is 0 Å². The molecule has 0 unspecified atom stereocenters. The molecule has 0 bridgehead atoms. The van der Waals surface area contributed by atoms with Crippen molar-refractivity contribution in [1.82, 2.24) is 25.4 Å². The summed E-state index contributed by atoms with van der Waals surface area (Å²) in [4.78, 5) is 16.6. The van der Waals surface area contributed by atoms with Crippen LogP contribution in [0.1, 0.15) is 50.1 Å². The van der Waals surface area contributed by atoms with Crippen molar-refractivity contribution in [2.75, 3.05) is 13.1 Å². The van der Waals surface area contributed by atoms with Gasteiger partial charge in [-0.1, -0.05) is 32.9 Å². The number of nitrogens with one attached hydrogen (secondary N) is 2. The molecule has 1 amide bonds. The van der Waals surface area contributed by atoms with Crippen molar-refractivity contribution < 1.29 is 9.18 Å². The second-order valence-electron chi connectivity index (χ2n) is 5.98. The van der Waals surface area contributed by atoms with Gasteiger partial charge in [0.1, 0.15) is 17.3 Å². The Morgan fingerprint density at radius 1 is 1.28 bits per heavy atom. The van der Waals surface area contributed by atoms with Crippen molar-refractivity contribution in [2.45, 2.75) is 39.7 Å². The van der Waals surface area contributed by atoms with E-state index in [1.54, 1.807) is 18.2 Å². The fourth-order valence-electron chi connectivity index (χ4n) is 2.34. The fourth-order valence-corrected chi connectivity index (χ4v) is 2.34. The molecule has 8 heteroatoms. The van der Waals surface area contributed by atoms with Crippen molar-refractivity contribution >= 4 is 18.3 Å². The Hall–Kier alpha value is -1.99. The van der Waals surface area contributed by atoms with E-state index in [-0.39, 0.29) is 41.8 Å². The molecule has 1 aromatic carbocycles.